The maximum absolute atomic E-state index is 11.5. The standard InChI is InChI=1S/C14H21NO2/c1-3-13(16)10-15-14(17)8-7-12-6-4-5-11(2)9-12/h4-6,9,13,16H,3,7-8,10H2,1-2H3,(H,15,17). The molecule has 1 rings (SSSR count). The minimum atomic E-state index is -0.432. The van der Waals surface area contributed by atoms with Crippen molar-refractivity contribution in [1.82, 2.24) is 5.32 Å². The molecule has 94 valence electrons. The second kappa shape index (κ2) is 7.07. The van der Waals surface area contributed by atoms with Gasteiger partial charge in [0.15, 0.2) is 0 Å². The Morgan fingerprint density at radius 3 is 2.88 bits per heavy atom. The van der Waals surface area contributed by atoms with Crippen molar-refractivity contribution >= 4 is 5.91 Å². The fourth-order valence-corrected chi connectivity index (χ4v) is 1.59. The van der Waals surface area contributed by atoms with E-state index in [1.807, 2.05) is 32.0 Å². The Balaban J connectivity index is 2.28. The van der Waals surface area contributed by atoms with E-state index in [1.54, 1.807) is 0 Å². The lowest BCUT2D eigenvalue weighted by Crippen LogP contribution is -2.31. The summed E-state index contributed by atoms with van der Waals surface area (Å²) in [6.07, 6.45) is 1.45. The topological polar surface area (TPSA) is 49.3 Å². The van der Waals surface area contributed by atoms with E-state index in [-0.39, 0.29) is 5.91 Å². The minimum absolute atomic E-state index is 0.000920. The monoisotopic (exact) mass is 235 g/mol. The molecule has 1 amide bonds. The second-order valence-corrected chi connectivity index (χ2v) is 4.36. The summed E-state index contributed by atoms with van der Waals surface area (Å²) < 4.78 is 0. The van der Waals surface area contributed by atoms with Crippen molar-refractivity contribution in [2.24, 2.45) is 0 Å². The zero-order valence-corrected chi connectivity index (χ0v) is 10.6. The molecular weight excluding hydrogens is 214 g/mol. The zero-order chi connectivity index (χ0) is 12.7. The summed E-state index contributed by atoms with van der Waals surface area (Å²) in [4.78, 5) is 11.5. The van der Waals surface area contributed by atoms with E-state index in [9.17, 15) is 9.90 Å². The van der Waals surface area contributed by atoms with Crippen molar-refractivity contribution in [3.8, 4) is 0 Å². The van der Waals surface area contributed by atoms with E-state index < -0.39 is 6.10 Å². The Kier molecular flexibility index (Phi) is 5.70. The van der Waals surface area contributed by atoms with Crippen molar-refractivity contribution in [2.45, 2.75) is 39.2 Å². The Bertz CT molecular complexity index is 363. The van der Waals surface area contributed by atoms with Crippen LogP contribution in [-0.2, 0) is 11.2 Å². The number of rotatable bonds is 6. The predicted octanol–water partition coefficient (Wildman–Crippen LogP) is 1.81. The SMILES string of the molecule is CCC(O)CNC(=O)CCc1cccc(C)c1. The van der Waals surface area contributed by atoms with Crippen LogP contribution in [0.15, 0.2) is 24.3 Å². The number of aryl methyl sites for hydroxylation is 2. The van der Waals surface area contributed by atoms with Crippen molar-refractivity contribution in [2.75, 3.05) is 6.54 Å². The summed E-state index contributed by atoms with van der Waals surface area (Å²) in [5, 5.41) is 12.0. The molecule has 3 heteroatoms. The smallest absolute Gasteiger partial charge is 0.220 e. The van der Waals surface area contributed by atoms with Gasteiger partial charge in [0.25, 0.3) is 0 Å². The lowest BCUT2D eigenvalue weighted by molar-refractivity contribution is -0.121. The molecule has 2 N–H and O–H groups in total. The summed E-state index contributed by atoms with van der Waals surface area (Å²) in [5.74, 6) is -0.000920. The summed E-state index contributed by atoms with van der Waals surface area (Å²) in [6.45, 7) is 4.29. The van der Waals surface area contributed by atoms with Gasteiger partial charge in [-0.15, -0.1) is 0 Å². The molecule has 3 nitrogen and oxygen atoms in total. The van der Waals surface area contributed by atoms with E-state index in [0.29, 0.717) is 19.4 Å². The van der Waals surface area contributed by atoms with E-state index in [4.69, 9.17) is 0 Å². The average Bonchev–Trinajstić information content (AvgIpc) is 2.33. The lowest BCUT2D eigenvalue weighted by atomic mass is 10.1. The lowest BCUT2D eigenvalue weighted by Gasteiger charge is -2.09. The highest BCUT2D eigenvalue weighted by atomic mass is 16.3. The van der Waals surface area contributed by atoms with Crippen molar-refractivity contribution in [3.05, 3.63) is 35.4 Å². The summed E-state index contributed by atoms with van der Waals surface area (Å²) in [5.41, 5.74) is 2.39. The third-order valence-corrected chi connectivity index (χ3v) is 2.73. The van der Waals surface area contributed by atoms with Crippen LogP contribution in [0.2, 0.25) is 0 Å². The average molecular weight is 235 g/mol. The highest BCUT2D eigenvalue weighted by molar-refractivity contribution is 5.76. The van der Waals surface area contributed by atoms with Crippen LogP contribution in [0, 0.1) is 6.92 Å². The van der Waals surface area contributed by atoms with Gasteiger partial charge in [-0.05, 0) is 25.3 Å². The number of hydrogen-bond acceptors (Lipinski definition) is 2. The molecule has 0 bridgehead atoms. The Hall–Kier alpha value is -1.35. The normalized spacial score (nSPS) is 12.2. The van der Waals surface area contributed by atoms with Crippen LogP contribution < -0.4 is 5.32 Å². The van der Waals surface area contributed by atoms with Gasteiger partial charge in [0.1, 0.15) is 0 Å². The first-order valence-electron chi connectivity index (χ1n) is 6.12. The molecule has 0 aromatic heterocycles. The van der Waals surface area contributed by atoms with Crippen LogP contribution in [0.1, 0.15) is 30.9 Å². The van der Waals surface area contributed by atoms with Gasteiger partial charge < -0.3 is 10.4 Å². The van der Waals surface area contributed by atoms with Crippen LogP contribution >= 0.6 is 0 Å². The Morgan fingerprint density at radius 1 is 1.47 bits per heavy atom. The number of carbonyl (C=O) groups excluding carboxylic acids is 1. The number of aliphatic hydroxyl groups excluding tert-OH is 1. The van der Waals surface area contributed by atoms with E-state index in [0.717, 1.165) is 6.42 Å². The molecule has 0 aliphatic heterocycles. The van der Waals surface area contributed by atoms with Crippen LogP contribution in [0.4, 0.5) is 0 Å². The molecule has 0 aliphatic carbocycles. The van der Waals surface area contributed by atoms with Gasteiger partial charge in [0.05, 0.1) is 6.10 Å². The molecule has 0 aliphatic rings. The molecule has 0 radical (unpaired) electrons. The fourth-order valence-electron chi connectivity index (χ4n) is 1.59. The van der Waals surface area contributed by atoms with Gasteiger partial charge in [-0.1, -0.05) is 36.8 Å². The van der Waals surface area contributed by atoms with Crippen LogP contribution in [-0.4, -0.2) is 23.7 Å². The van der Waals surface area contributed by atoms with Crippen LogP contribution in [0.5, 0.6) is 0 Å². The summed E-state index contributed by atoms with van der Waals surface area (Å²) in [6, 6.07) is 8.17. The van der Waals surface area contributed by atoms with Gasteiger partial charge in [0.2, 0.25) is 5.91 Å². The third-order valence-electron chi connectivity index (χ3n) is 2.73. The first kappa shape index (κ1) is 13.7. The number of benzene rings is 1. The van der Waals surface area contributed by atoms with Crippen LogP contribution in [0.3, 0.4) is 0 Å². The predicted molar refractivity (Wildman–Crippen MR) is 68.8 cm³/mol. The molecule has 0 saturated carbocycles. The van der Waals surface area contributed by atoms with E-state index in [2.05, 4.69) is 11.4 Å². The third kappa shape index (κ3) is 5.50. The number of nitrogens with one attached hydrogen (secondary N) is 1. The molecule has 0 saturated heterocycles. The first-order chi connectivity index (χ1) is 8.11. The van der Waals surface area contributed by atoms with Crippen molar-refractivity contribution < 1.29 is 9.90 Å². The molecule has 1 aromatic rings. The summed E-state index contributed by atoms with van der Waals surface area (Å²) >= 11 is 0. The summed E-state index contributed by atoms with van der Waals surface area (Å²) in [7, 11) is 0. The maximum Gasteiger partial charge on any atom is 0.220 e. The van der Waals surface area contributed by atoms with Gasteiger partial charge in [-0.2, -0.15) is 0 Å². The largest absolute Gasteiger partial charge is 0.391 e. The quantitative estimate of drug-likeness (QED) is 0.790. The van der Waals surface area contributed by atoms with E-state index in [1.165, 1.54) is 11.1 Å². The second-order valence-electron chi connectivity index (χ2n) is 4.36. The molecule has 0 fully saturated rings. The molecule has 1 atom stereocenters. The number of hydrogen-bond donors (Lipinski definition) is 2. The number of amides is 1. The van der Waals surface area contributed by atoms with Crippen molar-refractivity contribution in [3.63, 3.8) is 0 Å². The molecule has 0 spiro atoms. The molecule has 17 heavy (non-hydrogen) atoms. The van der Waals surface area contributed by atoms with Crippen LogP contribution in [0.25, 0.3) is 0 Å². The Labute approximate surface area is 103 Å². The van der Waals surface area contributed by atoms with Gasteiger partial charge in [0, 0.05) is 13.0 Å². The number of aliphatic hydroxyl groups is 1. The van der Waals surface area contributed by atoms with Gasteiger partial charge >= 0.3 is 0 Å². The molecular formula is C14H21NO2. The van der Waals surface area contributed by atoms with Crippen molar-refractivity contribution in [1.29, 1.82) is 0 Å². The highest BCUT2D eigenvalue weighted by Crippen LogP contribution is 2.06. The molecule has 0 heterocycles. The minimum Gasteiger partial charge on any atom is -0.391 e. The van der Waals surface area contributed by atoms with Gasteiger partial charge in [-0.3, -0.25) is 4.79 Å². The Morgan fingerprint density at radius 2 is 2.24 bits per heavy atom. The fraction of sp³-hybridized carbons (Fsp3) is 0.500. The number of carbonyl (C=O) groups is 1. The highest BCUT2D eigenvalue weighted by Gasteiger charge is 2.05. The zero-order valence-electron chi connectivity index (χ0n) is 10.6. The molecule has 1 aromatic carbocycles. The first-order valence-corrected chi connectivity index (χ1v) is 6.12. The molecule has 1 unspecified atom stereocenters. The van der Waals surface area contributed by atoms with Gasteiger partial charge in [-0.25, -0.2) is 0 Å². The maximum atomic E-state index is 11.5. The van der Waals surface area contributed by atoms with E-state index >= 15 is 0 Å².